The van der Waals surface area contributed by atoms with Gasteiger partial charge >= 0.3 is 0 Å². The second-order valence-corrected chi connectivity index (χ2v) is 3.92. The van der Waals surface area contributed by atoms with Crippen molar-refractivity contribution in [3.63, 3.8) is 0 Å². The Kier molecular flexibility index (Phi) is 3.75. The average Bonchev–Trinajstić information content (AvgIpc) is 2.21. The third kappa shape index (κ3) is 2.70. The average molecular weight is 284 g/mol. The first kappa shape index (κ1) is 12.5. The minimum Gasteiger partial charge on any atom is -0.390 e. The number of aliphatic hydroxyl groups is 1. The molecule has 0 radical (unpaired) electrons. The molecule has 84 valence electrons. The van der Waals surface area contributed by atoms with E-state index in [1.54, 1.807) is 0 Å². The fourth-order valence-corrected chi connectivity index (χ4v) is 1.29. The minimum atomic E-state index is -3.46. The van der Waals surface area contributed by atoms with Gasteiger partial charge in [-0.25, -0.2) is 13.2 Å². The molecule has 0 spiro atoms. The van der Waals surface area contributed by atoms with E-state index in [0.717, 1.165) is 6.07 Å². The predicted octanol–water partition coefficient (Wildman–Crippen LogP) is 2.22. The van der Waals surface area contributed by atoms with Gasteiger partial charge < -0.3 is 10.8 Å². The van der Waals surface area contributed by atoms with Crippen molar-refractivity contribution >= 4 is 15.9 Å². The molecule has 1 aromatic rings. The number of halogens is 4. The molecule has 15 heavy (non-hydrogen) atoms. The Morgan fingerprint density at radius 2 is 2.07 bits per heavy atom. The Bertz CT molecular complexity index is 359. The molecule has 0 aromatic heterocycles. The molecular weight excluding hydrogens is 275 g/mol. The number of rotatable bonds is 3. The summed E-state index contributed by atoms with van der Waals surface area (Å²) >= 11 is 2.89. The Balaban J connectivity index is 3.02. The van der Waals surface area contributed by atoms with E-state index in [1.807, 2.05) is 0 Å². The Labute approximate surface area is 93.0 Å². The normalized spacial score (nSPS) is 14.0. The lowest BCUT2D eigenvalue weighted by Crippen LogP contribution is -2.36. The molecule has 0 aliphatic carbocycles. The van der Waals surface area contributed by atoms with Crippen molar-refractivity contribution in [2.75, 3.05) is 6.61 Å². The van der Waals surface area contributed by atoms with E-state index in [0.29, 0.717) is 0 Å². The molecule has 0 saturated carbocycles. The zero-order valence-electron chi connectivity index (χ0n) is 7.55. The third-order valence-corrected chi connectivity index (χ3v) is 2.61. The van der Waals surface area contributed by atoms with Gasteiger partial charge in [0.15, 0.2) is 0 Å². The highest BCUT2D eigenvalue weighted by atomic mass is 79.9. The summed E-state index contributed by atoms with van der Waals surface area (Å²) < 4.78 is 39.1. The summed E-state index contributed by atoms with van der Waals surface area (Å²) in [5, 5.41) is 8.42. The summed E-state index contributed by atoms with van der Waals surface area (Å²) in [6, 6.07) is 1.77. The molecular formula is C9H9BrF3NO. The molecule has 1 atom stereocenters. The maximum absolute atomic E-state index is 13.0. The van der Waals surface area contributed by atoms with E-state index in [2.05, 4.69) is 15.9 Å². The van der Waals surface area contributed by atoms with E-state index in [4.69, 9.17) is 10.8 Å². The summed E-state index contributed by atoms with van der Waals surface area (Å²) in [4.78, 5) is 0. The summed E-state index contributed by atoms with van der Waals surface area (Å²) in [6.45, 7) is -1.37. The van der Waals surface area contributed by atoms with Crippen molar-refractivity contribution in [2.24, 2.45) is 5.73 Å². The molecule has 1 rings (SSSR count). The summed E-state index contributed by atoms with van der Waals surface area (Å²) in [5.74, 6) is -4.13. The molecule has 0 heterocycles. The van der Waals surface area contributed by atoms with Crippen LogP contribution in [0, 0.1) is 5.82 Å². The van der Waals surface area contributed by atoms with Crippen molar-refractivity contribution in [3.05, 3.63) is 34.1 Å². The van der Waals surface area contributed by atoms with E-state index in [1.165, 1.54) is 12.1 Å². The fraction of sp³-hybridized carbons (Fsp3) is 0.333. The maximum atomic E-state index is 13.0. The van der Waals surface area contributed by atoms with Crippen LogP contribution in [0.15, 0.2) is 22.7 Å². The predicted molar refractivity (Wildman–Crippen MR) is 53.1 cm³/mol. The van der Waals surface area contributed by atoms with Crippen LogP contribution in [0.4, 0.5) is 13.2 Å². The van der Waals surface area contributed by atoms with Crippen molar-refractivity contribution in [1.82, 2.24) is 0 Å². The van der Waals surface area contributed by atoms with Crippen LogP contribution < -0.4 is 5.73 Å². The van der Waals surface area contributed by atoms with Gasteiger partial charge in [-0.3, -0.25) is 0 Å². The van der Waals surface area contributed by atoms with Gasteiger partial charge in [0.05, 0.1) is 10.5 Å². The van der Waals surface area contributed by atoms with Crippen LogP contribution >= 0.6 is 15.9 Å². The highest BCUT2D eigenvalue weighted by Gasteiger charge is 2.37. The zero-order chi connectivity index (χ0) is 11.6. The van der Waals surface area contributed by atoms with Crippen LogP contribution in [0.3, 0.4) is 0 Å². The van der Waals surface area contributed by atoms with Crippen LogP contribution in [0.1, 0.15) is 11.6 Å². The number of nitrogens with two attached hydrogens (primary N) is 1. The van der Waals surface area contributed by atoms with Crippen LogP contribution in [-0.2, 0) is 0 Å². The molecule has 6 heteroatoms. The second kappa shape index (κ2) is 4.51. The van der Waals surface area contributed by atoms with Gasteiger partial charge in [0.2, 0.25) is 0 Å². The van der Waals surface area contributed by atoms with Crippen LogP contribution in [0.2, 0.25) is 0 Å². The molecule has 2 nitrogen and oxygen atoms in total. The minimum absolute atomic E-state index is 0.0604. The lowest BCUT2D eigenvalue weighted by atomic mass is 10.0. The Hall–Kier alpha value is -0.590. The summed E-state index contributed by atoms with van der Waals surface area (Å²) in [5.41, 5.74) is 5.15. The number of hydrogen-bond donors (Lipinski definition) is 2. The number of benzene rings is 1. The molecule has 0 saturated heterocycles. The standard InChI is InChI=1S/C9H9BrF3NO/c10-6-2-1-5(3-7(6)11)8(14)9(12,13)4-15/h1-3,8,15H,4,14H2. The third-order valence-electron chi connectivity index (χ3n) is 1.97. The SMILES string of the molecule is NC(c1ccc(Br)c(F)c1)C(F)(F)CO. The van der Waals surface area contributed by atoms with Crippen molar-refractivity contribution in [3.8, 4) is 0 Å². The smallest absolute Gasteiger partial charge is 0.289 e. The van der Waals surface area contributed by atoms with Gasteiger partial charge in [0.1, 0.15) is 12.4 Å². The van der Waals surface area contributed by atoms with Crippen LogP contribution in [0.5, 0.6) is 0 Å². The molecule has 0 bridgehead atoms. The van der Waals surface area contributed by atoms with E-state index in [-0.39, 0.29) is 10.0 Å². The summed E-state index contributed by atoms with van der Waals surface area (Å²) in [7, 11) is 0. The monoisotopic (exact) mass is 283 g/mol. The van der Waals surface area contributed by atoms with Crippen LogP contribution in [0.25, 0.3) is 0 Å². The van der Waals surface area contributed by atoms with Crippen molar-refractivity contribution < 1.29 is 18.3 Å². The maximum Gasteiger partial charge on any atom is 0.289 e. The lowest BCUT2D eigenvalue weighted by Gasteiger charge is -2.21. The van der Waals surface area contributed by atoms with Crippen LogP contribution in [-0.4, -0.2) is 17.6 Å². The van der Waals surface area contributed by atoms with Gasteiger partial charge in [-0.15, -0.1) is 0 Å². The van der Waals surface area contributed by atoms with Gasteiger partial charge in [0, 0.05) is 0 Å². The first-order valence-corrected chi connectivity index (χ1v) is 4.87. The molecule has 0 aliphatic heterocycles. The molecule has 0 amide bonds. The molecule has 0 fully saturated rings. The quantitative estimate of drug-likeness (QED) is 0.894. The number of alkyl halides is 2. The van der Waals surface area contributed by atoms with E-state index in [9.17, 15) is 13.2 Å². The number of hydrogen-bond acceptors (Lipinski definition) is 2. The van der Waals surface area contributed by atoms with Gasteiger partial charge in [0.25, 0.3) is 5.92 Å². The Morgan fingerprint density at radius 3 is 2.53 bits per heavy atom. The van der Waals surface area contributed by atoms with E-state index >= 15 is 0 Å². The highest BCUT2D eigenvalue weighted by Crippen LogP contribution is 2.30. The first-order chi connectivity index (χ1) is 6.88. The molecule has 3 N–H and O–H groups in total. The van der Waals surface area contributed by atoms with Crippen molar-refractivity contribution in [1.29, 1.82) is 0 Å². The van der Waals surface area contributed by atoms with Crippen molar-refractivity contribution in [2.45, 2.75) is 12.0 Å². The second-order valence-electron chi connectivity index (χ2n) is 3.07. The highest BCUT2D eigenvalue weighted by molar-refractivity contribution is 9.10. The first-order valence-electron chi connectivity index (χ1n) is 4.07. The van der Waals surface area contributed by atoms with Gasteiger partial charge in [-0.05, 0) is 33.6 Å². The fourth-order valence-electron chi connectivity index (χ4n) is 1.05. The summed E-state index contributed by atoms with van der Waals surface area (Å²) in [6.07, 6.45) is 0. The van der Waals surface area contributed by atoms with Gasteiger partial charge in [-0.1, -0.05) is 6.07 Å². The largest absolute Gasteiger partial charge is 0.390 e. The molecule has 0 aliphatic rings. The molecule has 1 unspecified atom stereocenters. The topological polar surface area (TPSA) is 46.2 Å². The number of aliphatic hydroxyl groups excluding tert-OH is 1. The van der Waals surface area contributed by atoms with Gasteiger partial charge in [-0.2, -0.15) is 0 Å². The lowest BCUT2D eigenvalue weighted by molar-refractivity contribution is -0.0712. The Morgan fingerprint density at radius 1 is 1.47 bits per heavy atom. The zero-order valence-corrected chi connectivity index (χ0v) is 9.14. The molecule has 1 aromatic carbocycles. The van der Waals surface area contributed by atoms with E-state index < -0.39 is 24.4 Å².